The third kappa shape index (κ3) is 22.7. The van der Waals surface area contributed by atoms with Crippen LogP contribution in [-0.4, -0.2) is 167 Å². The topological polar surface area (TPSA) is 331 Å². The van der Waals surface area contributed by atoms with Crippen molar-refractivity contribution in [1.82, 2.24) is 9.80 Å². The number of carbonyl (C=O) groups is 6. The van der Waals surface area contributed by atoms with Gasteiger partial charge in [0.1, 0.15) is 5.54 Å². The van der Waals surface area contributed by atoms with Gasteiger partial charge < -0.3 is 61.1 Å². The van der Waals surface area contributed by atoms with Crippen LogP contribution in [0, 0.1) is 5.41 Å². The lowest BCUT2D eigenvalue weighted by molar-refractivity contribution is -0.139. The summed E-state index contributed by atoms with van der Waals surface area (Å²) in [6.45, 7) is 4.86. The fraction of sp³-hybridized carbons (Fsp3) is 0.657. The molecule has 3 amide bonds. The molecular weight excluding hydrogens is 720 g/mol. The van der Waals surface area contributed by atoms with Gasteiger partial charge in [-0.3, -0.25) is 19.3 Å². The van der Waals surface area contributed by atoms with E-state index in [-0.39, 0.29) is 89.2 Å². The van der Waals surface area contributed by atoms with Crippen molar-refractivity contribution in [2.75, 3.05) is 59.3 Å². The molecule has 1 fully saturated rings. The zero-order valence-electron chi connectivity index (χ0n) is 31.3. The van der Waals surface area contributed by atoms with Gasteiger partial charge in [-0.15, -0.1) is 0 Å². The molecular formula is C35H60N2O17. The van der Waals surface area contributed by atoms with Crippen molar-refractivity contribution in [3.8, 4) is 0 Å². The van der Waals surface area contributed by atoms with Gasteiger partial charge >= 0.3 is 29.9 Å². The van der Waals surface area contributed by atoms with E-state index in [0.29, 0.717) is 19.3 Å². The molecule has 312 valence electrons. The molecule has 0 aliphatic carbocycles. The number of rotatable bonds is 20. The minimum Gasteiger partial charge on any atom is -0.481 e. The number of imide groups is 1. The van der Waals surface area contributed by atoms with Crippen LogP contribution >= 0.6 is 0 Å². The van der Waals surface area contributed by atoms with Crippen molar-refractivity contribution in [2.45, 2.75) is 84.1 Å². The van der Waals surface area contributed by atoms with Gasteiger partial charge in [0.2, 0.25) is 0 Å². The van der Waals surface area contributed by atoms with Crippen molar-refractivity contribution >= 4 is 35.8 Å². The van der Waals surface area contributed by atoms with E-state index in [2.05, 4.69) is 0 Å². The molecule has 1 aliphatic rings. The average molecular weight is 781 g/mol. The number of benzene rings is 1. The number of aliphatic hydroxyl groups excluding tert-OH is 7. The van der Waals surface area contributed by atoms with Gasteiger partial charge in [0.15, 0.2) is 0 Å². The Labute approximate surface area is 314 Å². The van der Waals surface area contributed by atoms with E-state index < -0.39 is 40.9 Å². The van der Waals surface area contributed by atoms with E-state index in [1.165, 1.54) is 23.1 Å². The largest absolute Gasteiger partial charge is 0.481 e. The molecule has 1 aromatic rings. The second-order valence-corrected chi connectivity index (χ2v) is 12.3. The highest BCUT2D eigenvalue weighted by Gasteiger charge is 2.50. The van der Waals surface area contributed by atoms with Gasteiger partial charge in [0.25, 0.3) is 5.91 Å². The number of carboxylic acid groups (broad SMARTS) is 4. The number of urea groups is 1. The van der Waals surface area contributed by atoms with Gasteiger partial charge in [-0.25, -0.2) is 14.4 Å². The van der Waals surface area contributed by atoms with E-state index in [9.17, 15) is 28.8 Å². The summed E-state index contributed by atoms with van der Waals surface area (Å²) in [7, 11) is 0. The fourth-order valence-electron chi connectivity index (χ4n) is 4.09. The van der Waals surface area contributed by atoms with E-state index in [1.807, 2.05) is 6.92 Å². The highest BCUT2D eigenvalue weighted by atomic mass is 16.4. The van der Waals surface area contributed by atoms with Gasteiger partial charge in [-0.1, -0.05) is 25.8 Å². The third-order valence-corrected chi connectivity index (χ3v) is 7.76. The molecule has 0 radical (unpaired) electrons. The quantitative estimate of drug-likeness (QED) is 0.0641. The molecule has 1 heterocycles. The molecule has 0 aromatic heterocycles. The van der Waals surface area contributed by atoms with Crippen LogP contribution in [0.15, 0.2) is 24.3 Å². The Bertz CT molecular complexity index is 1170. The van der Waals surface area contributed by atoms with Crippen molar-refractivity contribution in [2.24, 2.45) is 5.41 Å². The predicted octanol–water partition coefficient (Wildman–Crippen LogP) is 0.704. The summed E-state index contributed by atoms with van der Waals surface area (Å²) in [5.41, 5.74) is -1.64. The SMILES string of the molecule is CC1(C)C(=O)N(CCO)C(=O)N1CCO.CCC(CO)(CO)CO.O=C(O)CCCCC(=O)O.O=C(O)c1cccc(C(=O)O)c1.OCCCCCCO. The predicted molar refractivity (Wildman–Crippen MR) is 193 cm³/mol. The number of hydrogen-bond donors (Lipinski definition) is 11. The van der Waals surface area contributed by atoms with E-state index in [0.717, 1.165) is 36.6 Å². The molecule has 0 atom stereocenters. The van der Waals surface area contributed by atoms with Gasteiger partial charge in [-0.2, -0.15) is 0 Å². The Morgan fingerprint density at radius 2 is 1.04 bits per heavy atom. The summed E-state index contributed by atoms with van der Waals surface area (Å²) in [4.78, 5) is 66.4. The Balaban J connectivity index is -0.000000614. The van der Waals surface area contributed by atoms with Crippen molar-refractivity contribution < 1.29 is 84.9 Å². The average Bonchev–Trinajstić information content (AvgIpc) is 3.30. The van der Waals surface area contributed by atoms with Crippen LogP contribution in [0.1, 0.15) is 99.3 Å². The third-order valence-electron chi connectivity index (χ3n) is 7.76. The maximum absolute atomic E-state index is 11.8. The molecule has 54 heavy (non-hydrogen) atoms. The summed E-state index contributed by atoms with van der Waals surface area (Å²) >= 11 is 0. The van der Waals surface area contributed by atoms with Crippen LogP contribution in [0.3, 0.4) is 0 Å². The number of nitrogens with zero attached hydrogens (tertiary/aromatic N) is 2. The van der Waals surface area contributed by atoms with E-state index in [4.69, 9.17) is 56.2 Å². The summed E-state index contributed by atoms with van der Waals surface area (Å²) < 4.78 is 0. The van der Waals surface area contributed by atoms with Gasteiger partial charge in [0, 0.05) is 38.0 Å². The van der Waals surface area contributed by atoms with Gasteiger partial charge in [-0.05, 0) is 64.2 Å². The number of aliphatic carboxylic acids is 2. The summed E-state index contributed by atoms with van der Waals surface area (Å²) in [5.74, 6) is -4.33. The summed E-state index contributed by atoms with van der Waals surface area (Å²) in [6.07, 6.45) is 5.44. The first-order valence-corrected chi connectivity index (χ1v) is 17.3. The van der Waals surface area contributed by atoms with Crippen LogP contribution < -0.4 is 0 Å². The number of aliphatic hydroxyl groups is 7. The monoisotopic (exact) mass is 780 g/mol. The highest BCUT2D eigenvalue weighted by molar-refractivity contribution is 6.06. The first-order valence-electron chi connectivity index (χ1n) is 17.3. The number of carboxylic acids is 4. The molecule has 0 bridgehead atoms. The molecule has 19 nitrogen and oxygen atoms in total. The number of amides is 3. The van der Waals surface area contributed by atoms with Crippen molar-refractivity contribution in [3.63, 3.8) is 0 Å². The smallest absolute Gasteiger partial charge is 0.335 e. The van der Waals surface area contributed by atoms with Crippen molar-refractivity contribution in [1.29, 1.82) is 0 Å². The normalized spacial score (nSPS) is 12.9. The highest BCUT2D eigenvalue weighted by Crippen LogP contribution is 2.26. The molecule has 0 spiro atoms. The number of aromatic carboxylic acids is 2. The van der Waals surface area contributed by atoms with E-state index >= 15 is 0 Å². The number of hydrogen-bond acceptors (Lipinski definition) is 13. The Morgan fingerprint density at radius 3 is 1.31 bits per heavy atom. The minimum atomic E-state index is -1.13. The standard InChI is InChI=1S/C9H16N2O4.C8H6O4.C6H10O4.C6H14O3.C6H14O2/c1-9(2)7(14)10(3-5-12)8(15)11(9)4-6-13;9-7(10)5-2-1-3-6(4-5)8(11)12;7-5(8)3-1-2-4-6(9)10;1-2-6(3-7,4-8)5-9;7-5-3-1-2-4-6-8/h12-13H,3-6H2,1-2H3;1-4H,(H,9,10)(H,11,12);1-4H2,(H,7,8)(H,9,10);7-9H,2-5H2,1H3;7-8H,1-6H2. The lowest BCUT2D eigenvalue weighted by Crippen LogP contribution is -2.45. The molecule has 2 rings (SSSR count). The number of unbranched alkanes of at least 4 members (excludes halogenated alkanes) is 4. The van der Waals surface area contributed by atoms with Crippen LogP contribution in [0.4, 0.5) is 4.79 Å². The molecule has 11 N–H and O–H groups in total. The van der Waals surface area contributed by atoms with Crippen LogP contribution in [0.25, 0.3) is 0 Å². The van der Waals surface area contributed by atoms with Crippen LogP contribution in [0.2, 0.25) is 0 Å². The molecule has 1 aromatic carbocycles. The Morgan fingerprint density at radius 1 is 0.630 bits per heavy atom. The molecule has 0 unspecified atom stereocenters. The van der Waals surface area contributed by atoms with Crippen LogP contribution in [-0.2, 0) is 14.4 Å². The van der Waals surface area contributed by atoms with Gasteiger partial charge in [0.05, 0.1) is 50.7 Å². The van der Waals surface area contributed by atoms with Crippen LogP contribution in [0.5, 0.6) is 0 Å². The lowest BCUT2D eigenvalue weighted by atomic mass is 9.88. The zero-order chi connectivity index (χ0) is 42.3. The second-order valence-electron chi connectivity index (χ2n) is 12.3. The first-order chi connectivity index (χ1) is 25.4. The first kappa shape index (κ1) is 54.1. The van der Waals surface area contributed by atoms with E-state index in [1.54, 1.807) is 13.8 Å². The Hall–Kier alpha value is -4.24. The maximum atomic E-state index is 11.8. The fourth-order valence-corrected chi connectivity index (χ4v) is 4.09. The zero-order valence-corrected chi connectivity index (χ0v) is 31.3. The second kappa shape index (κ2) is 31.1. The number of β-amino-alcohol motifs (C(OH)–C–C–N with tert-alkyl or cyclic N) is 2. The molecule has 1 saturated heterocycles. The maximum Gasteiger partial charge on any atom is 0.335 e. The lowest BCUT2D eigenvalue weighted by Gasteiger charge is -2.26. The summed E-state index contributed by atoms with van der Waals surface area (Å²) in [6, 6.07) is 4.74. The number of carbonyl (C=O) groups excluding carboxylic acids is 2. The van der Waals surface area contributed by atoms with Crippen molar-refractivity contribution in [3.05, 3.63) is 35.4 Å². The Kier molecular flexibility index (Phi) is 31.2. The summed E-state index contributed by atoms with van der Waals surface area (Å²) in [5, 5.41) is 93.4. The molecule has 1 aliphatic heterocycles. The molecule has 19 heteroatoms. The molecule has 0 saturated carbocycles. The minimum absolute atomic E-state index is 0.00300.